The Morgan fingerprint density at radius 1 is 1.19 bits per heavy atom. The van der Waals surface area contributed by atoms with E-state index in [4.69, 9.17) is 4.74 Å². The van der Waals surface area contributed by atoms with Gasteiger partial charge in [-0.15, -0.1) is 0 Å². The molecule has 2 aromatic heterocycles. The fraction of sp³-hybridized carbons (Fsp3) is 0.316. The number of imidazole rings is 1. The average Bonchev–Trinajstić information content (AvgIpc) is 3.03. The van der Waals surface area contributed by atoms with Crippen LogP contribution in [0.3, 0.4) is 0 Å². The molecular weight excluding hydrogens is 330 g/mol. The molecule has 0 atom stereocenters. The third-order valence-electron chi connectivity index (χ3n) is 3.63. The van der Waals surface area contributed by atoms with E-state index in [9.17, 15) is 4.79 Å². The molecule has 1 aromatic carbocycles. The molecule has 3 N–H and O–H groups in total. The number of H-pyrrole nitrogens is 1. The first-order chi connectivity index (χ1) is 12.4. The fourth-order valence-electron chi connectivity index (χ4n) is 2.57. The summed E-state index contributed by atoms with van der Waals surface area (Å²) in [5, 5.41) is 6.05. The van der Waals surface area contributed by atoms with E-state index in [2.05, 4.69) is 31.7 Å². The number of aromatic nitrogens is 3. The number of fused-ring (bicyclic) bond motifs is 1. The van der Waals surface area contributed by atoms with Crippen molar-refractivity contribution in [3.8, 4) is 0 Å². The maximum Gasteiger partial charge on any atom is 0.413 e. The average molecular weight is 353 g/mol. The summed E-state index contributed by atoms with van der Waals surface area (Å²) >= 11 is 0. The molecule has 2 heterocycles. The lowest BCUT2D eigenvalue weighted by molar-refractivity contribution is 0.0635. The topological polar surface area (TPSA) is 91.9 Å². The molecule has 0 aliphatic rings. The molecule has 7 nitrogen and oxygen atoms in total. The van der Waals surface area contributed by atoms with Crippen LogP contribution in [0.4, 0.5) is 10.6 Å². The molecule has 3 rings (SSSR count). The van der Waals surface area contributed by atoms with Gasteiger partial charge in [-0.2, -0.15) is 0 Å². The Bertz CT molecular complexity index is 898. The highest BCUT2D eigenvalue weighted by Crippen LogP contribution is 2.15. The predicted octanol–water partition coefficient (Wildman–Crippen LogP) is 3.59. The number of anilines is 1. The number of hydrogen-bond donors (Lipinski definition) is 3. The van der Waals surface area contributed by atoms with Crippen LogP contribution in [-0.2, 0) is 17.8 Å². The zero-order valence-electron chi connectivity index (χ0n) is 15.2. The van der Waals surface area contributed by atoms with E-state index in [1.807, 2.05) is 45.0 Å². The van der Waals surface area contributed by atoms with E-state index in [0.717, 1.165) is 22.2 Å². The van der Waals surface area contributed by atoms with Gasteiger partial charge in [0.25, 0.3) is 0 Å². The Morgan fingerprint density at radius 3 is 2.85 bits per heavy atom. The van der Waals surface area contributed by atoms with Crippen LogP contribution >= 0.6 is 0 Å². The van der Waals surface area contributed by atoms with Gasteiger partial charge in [0, 0.05) is 19.3 Å². The molecule has 0 saturated heterocycles. The molecule has 0 radical (unpaired) electrons. The summed E-state index contributed by atoms with van der Waals surface area (Å²) in [5.41, 5.74) is 3.60. The van der Waals surface area contributed by atoms with Crippen LogP contribution < -0.4 is 10.6 Å². The summed E-state index contributed by atoms with van der Waals surface area (Å²) < 4.78 is 5.24. The number of aromatic amines is 1. The number of ether oxygens (including phenoxy) is 1. The van der Waals surface area contributed by atoms with Crippen molar-refractivity contribution in [2.24, 2.45) is 0 Å². The van der Waals surface area contributed by atoms with Crippen molar-refractivity contribution < 1.29 is 9.53 Å². The number of para-hydroxylation sites is 1. The van der Waals surface area contributed by atoms with E-state index in [0.29, 0.717) is 18.9 Å². The standard InChI is InChI=1S/C19H23N5O2/c1-19(2,3)26-18(25)24-16-9-13(7-8-21-16)10-20-11-14-5-4-6-15-17(14)23-12-22-15/h4-9,12,20H,10-11H2,1-3H3,(H,22,23)(H,21,24,25). The first-order valence-corrected chi connectivity index (χ1v) is 8.47. The zero-order valence-corrected chi connectivity index (χ0v) is 15.2. The molecule has 0 unspecified atom stereocenters. The normalized spacial score (nSPS) is 11.5. The number of carbonyl (C=O) groups is 1. The number of nitrogens with zero attached hydrogens (tertiary/aromatic N) is 2. The van der Waals surface area contributed by atoms with E-state index in [1.54, 1.807) is 12.5 Å². The highest BCUT2D eigenvalue weighted by molar-refractivity contribution is 5.83. The summed E-state index contributed by atoms with van der Waals surface area (Å²) in [6.45, 7) is 6.80. The van der Waals surface area contributed by atoms with E-state index in [-0.39, 0.29) is 0 Å². The number of amides is 1. The van der Waals surface area contributed by atoms with Crippen LogP contribution in [0.5, 0.6) is 0 Å². The van der Waals surface area contributed by atoms with Crippen LogP contribution in [0.25, 0.3) is 11.0 Å². The summed E-state index contributed by atoms with van der Waals surface area (Å²) in [6, 6.07) is 9.79. The van der Waals surface area contributed by atoms with Crippen molar-refractivity contribution >= 4 is 22.9 Å². The third kappa shape index (κ3) is 4.80. The van der Waals surface area contributed by atoms with Crippen LogP contribution in [0.2, 0.25) is 0 Å². The van der Waals surface area contributed by atoms with Gasteiger partial charge in [0.05, 0.1) is 17.4 Å². The van der Waals surface area contributed by atoms with Gasteiger partial charge in [0.2, 0.25) is 0 Å². The summed E-state index contributed by atoms with van der Waals surface area (Å²) in [6.07, 6.45) is 2.85. The van der Waals surface area contributed by atoms with Crippen LogP contribution in [-0.4, -0.2) is 26.6 Å². The minimum absolute atomic E-state index is 0.466. The minimum atomic E-state index is -0.545. The Kier molecular flexibility index (Phi) is 5.18. The molecule has 0 fully saturated rings. The Morgan fingerprint density at radius 2 is 2.04 bits per heavy atom. The first-order valence-electron chi connectivity index (χ1n) is 8.47. The second-order valence-corrected chi connectivity index (χ2v) is 7.00. The van der Waals surface area contributed by atoms with Crippen LogP contribution in [0, 0.1) is 0 Å². The maximum absolute atomic E-state index is 11.8. The summed E-state index contributed by atoms with van der Waals surface area (Å²) in [5.74, 6) is 0.466. The monoisotopic (exact) mass is 353 g/mol. The number of nitrogens with one attached hydrogen (secondary N) is 3. The van der Waals surface area contributed by atoms with Gasteiger partial charge in [0.1, 0.15) is 11.4 Å². The van der Waals surface area contributed by atoms with Gasteiger partial charge in [-0.05, 0) is 50.1 Å². The van der Waals surface area contributed by atoms with Crippen molar-refractivity contribution in [2.45, 2.75) is 39.5 Å². The van der Waals surface area contributed by atoms with E-state index < -0.39 is 11.7 Å². The SMILES string of the molecule is CC(C)(C)OC(=O)Nc1cc(CNCc2cccc3[nH]cnc23)ccn1. The molecule has 0 bridgehead atoms. The molecule has 3 aromatic rings. The van der Waals surface area contributed by atoms with Gasteiger partial charge in [0.15, 0.2) is 0 Å². The molecule has 0 spiro atoms. The maximum atomic E-state index is 11.8. The molecule has 1 amide bonds. The van der Waals surface area contributed by atoms with Gasteiger partial charge in [-0.1, -0.05) is 12.1 Å². The number of carbonyl (C=O) groups excluding carboxylic acids is 1. The highest BCUT2D eigenvalue weighted by atomic mass is 16.6. The molecule has 26 heavy (non-hydrogen) atoms. The second kappa shape index (κ2) is 7.53. The predicted molar refractivity (Wildman–Crippen MR) is 101 cm³/mol. The number of hydrogen-bond acceptors (Lipinski definition) is 5. The summed E-state index contributed by atoms with van der Waals surface area (Å²) in [4.78, 5) is 23.5. The van der Waals surface area contributed by atoms with Gasteiger partial charge in [-0.3, -0.25) is 5.32 Å². The second-order valence-electron chi connectivity index (χ2n) is 7.00. The van der Waals surface area contributed by atoms with E-state index in [1.165, 1.54) is 0 Å². The fourth-order valence-corrected chi connectivity index (χ4v) is 2.57. The van der Waals surface area contributed by atoms with Crippen molar-refractivity contribution in [2.75, 3.05) is 5.32 Å². The molecule has 136 valence electrons. The third-order valence-corrected chi connectivity index (χ3v) is 3.63. The summed E-state index contributed by atoms with van der Waals surface area (Å²) in [7, 11) is 0. The first kappa shape index (κ1) is 17.9. The number of benzene rings is 1. The largest absolute Gasteiger partial charge is 0.444 e. The number of rotatable bonds is 5. The molecule has 0 aliphatic carbocycles. The number of pyridine rings is 1. The quantitative estimate of drug-likeness (QED) is 0.652. The van der Waals surface area contributed by atoms with Crippen LogP contribution in [0.15, 0.2) is 42.9 Å². The van der Waals surface area contributed by atoms with Crippen molar-refractivity contribution in [1.29, 1.82) is 0 Å². The smallest absolute Gasteiger partial charge is 0.413 e. The lowest BCUT2D eigenvalue weighted by Gasteiger charge is -2.19. The van der Waals surface area contributed by atoms with Crippen molar-refractivity contribution in [1.82, 2.24) is 20.3 Å². The highest BCUT2D eigenvalue weighted by Gasteiger charge is 2.16. The molecule has 0 aliphatic heterocycles. The van der Waals surface area contributed by atoms with Gasteiger partial charge < -0.3 is 15.0 Å². The lowest BCUT2D eigenvalue weighted by atomic mass is 10.2. The van der Waals surface area contributed by atoms with E-state index >= 15 is 0 Å². The lowest BCUT2D eigenvalue weighted by Crippen LogP contribution is -2.27. The van der Waals surface area contributed by atoms with Crippen LogP contribution in [0.1, 0.15) is 31.9 Å². The Labute approximate surface area is 152 Å². The molecule has 0 saturated carbocycles. The van der Waals surface area contributed by atoms with Gasteiger partial charge in [-0.25, -0.2) is 14.8 Å². The van der Waals surface area contributed by atoms with Crippen molar-refractivity contribution in [3.05, 3.63) is 54.0 Å². The molecular formula is C19H23N5O2. The zero-order chi connectivity index (χ0) is 18.6. The molecule has 7 heteroatoms. The Hall–Kier alpha value is -2.93. The minimum Gasteiger partial charge on any atom is -0.444 e. The van der Waals surface area contributed by atoms with Gasteiger partial charge >= 0.3 is 6.09 Å². The van der Waals surface area contributed by atoms with Crippen molar-refractivity contribution in [3.63, 3.8) is 0 Å². The Balaban J connectivity index is 1.57.